The van der Waals surface area contributed by atoms with E-state index in [9.17, 15) is 9.50 Å². The van der Waals surface area contributed by atoms with Gasteiger partial charge in [-0.3, -0.25) is 0 Å². The van der Waals surface area contributed by atoms with E-state index < -0.39 is 0 Å². The van der Waals surface area contributed by atoms with Crippen LogP contribution in [-0.4, -0.2) is 11.2 Å². The van der Waals surface area contributed by atoms with E-state index in [2.05, 4.69) is 75.4 Å². The maximum Gasteiger partial charge on any atom is 0.119 e. The second-order valence-electron chi connectivity index (χ2n) is 11.5. The Hall–Kier alpha value is -1.93. The lowest BCUT2D eigenvalue weighted by molar-refractivity contribution is 0.119. The first kappa shape index (κ1) is 28.6. The number of hydrogen-bond acceptors (Lipinski definition) is 1. The molecule has 1 nitrogen and oxygen atoms in total. The number of unbranched alkanes of at least 4 members (excludes halogenated alkanes) is 1. The van der Waals surface area contributed by atoms with Gasteiger partial charge in [-0.05, 0) is 105 Å². The molecule has 1 fully saturated rings. The van der Waals surface area contributed by atoms with Gasteiger partial charge in [0.1, 0.15) is 5.83 Å². The summed E-state index contributed by atoms with van der Waals surface area (Å²) in [5, 5.41) is 10.5. The van der Waals surface area contributed by atoms with Crippen molar-refractivity contribution < 1.29 is 9.50 Å². The zero-order valence-corrected chi connectivity index (χ0v) is 22.9. The van der Waals surface area contributed by atoms with E-state index in [4.69, 9.17) is 0 Å². The van der Waals surface area contributed by atoms with E-state index in [0.717, 1.165) is 37.5 Å². The molecule has 6 unspecified atom stereocenters. The number of benzene rings is 1. The van der Waals surface area contributed by atoms with E-state index in [1.165, 1.54) is 56.1 Å². The Kier molecular flexibility index (Phi) is 12.2. The van der Waals surface area contributed by atoms with E-state index >= 15 is 0 Å². The first-order valence-electron chi connectivity index (χ1n) is 14.5. The van der Waals surface area contributed by atoms with Crippen LogP contribution in [0.4, 0.5) is 4.39 Å². The van der Waals surface area contributed by atoms with E-state index in [1.54, 1.807) is 12.2 Å². The smallest absolute Gasteiger partial charge is 0.119 e. The summed E-state index contributed by atoms with van der Waals surface area (Å²) in [5.41, 5.74) is 2.77. The molecule has 3 rings (SSSR count). The predicted molar refractivity (Wildman–Crippen MR) is 152 cm³/mol. The van der Waals surface area contributed by atoms with Crippen LogP contribution in [0.15, 0.2) is 72.6 Å². The zero-order valence-electron chi connectivity index (χ0n) is 22.9. The van der Waals surface area contributed by atoms with Gasteiger partial charge in [-0.2, -0.15) is 0 Å². The van der Waals surface area contributed by atoms with E-state index in [1.807, 2.05) is 0 Å². The van der Waals surface area contributed by atoms with Gasteiger partial charge >= 0.3 is 0 Å². The summed E-state index contributed by atoms with van der Waals surface area (Å²) >= 11 is 0. The van der Waals surface area contributed by atoms with Gasteiger partial charge in [0.25, 0.3) is 0 Å². The summed E-state index contributed by atoms with van der Waals surface area (Å²) in [6, 6.07) is 9.17. The van der Waals surface area contributed by atoms with Gasteiger partial charge in [-0.15, -0.1) is 0 Å². The predicted octanol–water partition coefficient (Wildman–Crippen LogP) is 9.33. The lowest BCUT2D eigenvalue weighted by Crippen LogP contribution is -2.18. The standard InChI is InChI=1S/C34H49FO/c1-4-5-6-7-8-9-13-34(36)27(3)22-30-16-18-31(19-17-30)24-28-11-10-12-29(15-14-28)25-32-20-21-33(35)23-26(32)2/h4-5,8-9,16-21,23,26-29,32,34,36H,6-7,10-15,22,24-25H2,1-3H3. The number of allylic oxidation sites excluding steroid dienone is 7. The van der Waals surface area contributed by atoms with Gasteiger partial charge in [0, 0.05) is 0 Å². The van der Waals surface area contributed by atoms with Crippen molar-refractivity contribution in [3.05, 3.63) is 83.8 Å². The fourth-order valence-corrected chi connectivity index (χ4v) is 5.99. The van der Waals surface area contributed by atoms with Crippen molar-refractivity contribution in [2.75, 3.05) is 0 Å². The van der Waals surface area contributed by atoms with Crippen molar-refractivity contribution >= 4 is 0 Å². The lowest BCUT2D eigenvalue weighted by atomic mass is 9.80. The highest BCUT2D eigenvalue weighted by Crippen LogP contribution is 2.36. The first-order valence-corrected chi connectivity index (χ1v) is 14.5. The summed E-state index contributed by atoms with van der Waals surface area (Å²) in [6.07, 6.45) is 26.6. The third-order valence-corrected chi connectivity index (χ3v) is 8.46. The van der Waals surface area contributed by atoms with Gasteiger partial charge in [0.05, 0.1) is 6.10 Å². The molecule has 1 aromatic rings. The van der Waals surface area contributed by atoms with Crippen LogP contribution in [0.1, 0.15) is 89.7 Å². The topological polar surface area (TPSA) is 20.2 Å². The molecule has 2 aliphatic rings. The largest absolute Gasteiger partial charge is 0.393 e. The number of rotatable bonds is 12. The summed E-state index contributed by atoms with van der Waals surface area (Å²) in [7, 11) is 0. The fraction of sp³-hybridized carbons (Fsp3) is 0.588. The van der Waals surface area contributed by atoms with Gasteiger partial charge in [-0.25, -0.2) is 4.39 Å². The second kappa shape index (κ2) is 15.4. The normalized spacial score (nSPS) is 26.8. The molecule has 0 aliphatic heterocycles. The molecular formula is C34H49FO. The molecule has 198 valence electrons. The average molecular weight is 493 g/mol. The van der Waals surface area contributed by atoms with Gasteiger partial charge in [0.2, 0.25) is 0 Å². The Bertz CT molecular complexity index is 877. The Morgan fingerprint density at radius 2 is 1.67 bits per heavy atom. The van der Waals surface area contributed by atoms with E-state index in [0.29, 0.717) is 11.8 Å². The molecular weight excluding hydrogens is 443 g/mol. The average Bonchev–Trinajstić information content (AvgIpc) is 3.09. The van der Waals surface area contributed by atoms with Crippen molar-refractivity contribution in [3.8, 4) is 0 Å². The minimum Gasteiger partial charge on any atom is -0.393 e. The third-order valence-electron chi connectivity index (χ3n) is 8.46. The van der Waals surface area contributed by atoms with Gasteiger partial charge in [0.15, 0.2) is 0 Å². The number of hydrogen-bond donors (Lipinski definition) is 1. The molecule has 0 saturated heterocycles. The molecule has 36 heavy (non-hydrogen) atoms. The Balaban J connectivity index is 1.39. The van der Waals surface area contributed by atoms with Crippen molar-refractivity contribution in [2.24, 2.45) is 29.6 Å². The van der Waals surface area contributed by atoms with Gasteiger partial charge in [-0.1, -0.05) is 94.2 Å². The van der Waals surface area contributed by atoms with Crippen molar-refractivity contribution in [1.82, 2.24) is 0 Å². The molecule has 1 aromatic carbocycles. The molecule has 0 heterocycles. The first-order chi connectivity index (χ1) is 17.4. The SMILES string of the molecule is CC=CCCC=CCC(O)C(C)Cc1ccc(CC2CCCC(CC3C=CC(F)=CC3C)CC2)cc1. The number of halogens is 1. The second-order valence-corrected chi connectivity index (χ2v) is 11.5. The third kappa shape index (κ3) is 9.85. The summed E-state index contributed by atoms with van der Waals surface area (Å²) in [6.45, 7) is 6.36. The van der Waals surface area contributed by atoms with Gasteiger partial charge < -0.3 is 5.11 Å². The van der Waals surface area contributed by atoms with Crippen LogP contribution in [0.2, 0.25) is 0 Å². The Labute approximate surface area is 220 Å². The molecule has 0 radical (unpaired) electrons. The van der Waals surface area contributed by atoms with Crippen LogP contribution in [0, 0.1) is 29.6 Å². The van der Waals surface area contributed by atoms with Crippen LogP contribution in [0.25, 0.3) is 0 Å². The molecule has 0 spiro atoms. The highest BCUT2D eigenvalue weighted by Gasteiger charge is 2.24. The maximum absolute atomic E-state index is 13.5. The van der Waals surface area contributed by atoms with Crippen LogP contribution in [-0.2, 0) is 12.8 Å². The molecule has 0 bridgehead atoms. The van der Waals surface area contributed by atoms with Crippen LogP contribution < -0.4 is 0 Å². The Morgan fingerprint density at radius 1 is 0.972 bits per heavy atom. The quantitative estimate of drug-likeness (QED) is 0.175. The van der Waals surface area contributed by atoms with Crippen molar-refractivity contribution in [1.29, 1.82) is 0 Å². The number of aliphatic hydroxyl groups excluding tert-OH is 1. The minimum absolute atomic E-state index is 0.0697. The molecule has 2 aliphatic carbocycles. The van der Waals surface area contributed by atoms with Crippen LogP contribution >= 0.6 is 0 Å². The summed E-state index contributed by atoms with van der Waals surface area (Å²) < 4.78 is 13.5. The molecule has 1 saturated carbocycles. The highest BCUT2D eigenvalue weighted by molar-refractivity contribution is 5.23. The van der Waals surface area contributed by atoms with Crippen molar-refractivity contribution in [2.45, 2.75) is 97.5 Å². The number of aliphatic hydroxyl groups is 1. The minimum atomic E-state index is -0.288. The lowest BCUT2D eigenvalue weighted by Gasteiger charge is -2.25. The van der Waals surface area contributed by atoms with Crippen LogP contribution in [0.5, 0.6) is 0 Å². The highest BCUT2D eigenvalue weighted by atomic mass is 19.1. The van der Waals surface area contributed by atoms with E-state index in [-0.39, 0.29) is 17.8 Å². The van der Waals surface area contributed by atoms with Crippen LogP contribution in [0.3, 0.4) is 0 Å². The zero-order chi connectivity index (χ0) is 25.8. The fourth-order valence-electron chi connectivity index (χ4n) is 5.99. The summed E-state index contributed by atoms with van der Waals surface area (Å²) in [4.78, 5) is 0. The maximum atomic E-state index is 13.5. The molecule has 0 amide bonds. The molecule has 0 aromatic heterocycles. The Morgan fingerprint density at radius 3 is 2.42 bits per heavy atom. The molecule has 1 N–H and O–H groups in total. The van der Waals surface area contributed by atoms with Crippen molar-refractivity contribution in [3.63, 3.8) is 0 Å². The molecule has 2 heteroatoms. The molecule has 6 atom stereocenters. The monoisotopic (exact) mass is 492 g/mol. The summed E-state index contributed by atoms with van der Waals surface area (Å²) in [5.74, 6) is 2.56.